The molecule has 0 aliphatic heterocycles. The normalized spacial score (nSPS) is 10.2. The molecule has 1 amide bonds. The van der Waals surface area contributed by atoms with Crippen LogP contribution < -0.4 is 10.4 Å². The molecule has 0 saturated heterocycles. The summed E-state index contributed by atoms with van der Waals surface area (Å²) < 4.78 is 0. The molecule has 1 heterocycles. The van der Waals surface area contributed by atoms with Crippen LogP contribution in [0, 0.1) is 24.2 Å². The summed E-state index contributed by atoms with van der Waals surface area (Å²) in [7, 11) is 1.64. The molecule has 0 fully saturated rings. The molecule has 0 unspecified atom stereocenters. The lowest BCUT2D eigenvalue weighted by Gasteiger charge is -2.21. The summed E-state index contributed by atoms with van der Waals surface area (Å²) in [6.45, 7) is 5.70. The zero-order valence-electron chi connectivity index (χ0n) is 11.5. The fourth-order valence-corrected chi connectivity index (χ4v) is 1.90. The third-order valence-corrected chi connectivity index (χ3v) is 2.68. The van der Waals surface area contributed by atoms with Crippen LogP contribution >= 0.6 is 11.6 Å². The molecule has 0 aromatic carbocycles. The second kappa shape index (κ2) is 6.39. The first-order valence-electron chi connectivity index (χ1n) is 5.95. The Morgan fingerprint density at radius 3 is 2.79 bits per heavy atom. The van der Waals surface area contributed by atoms with Gasteiger partial charge < -0.3 is 0 Å². The minimum absolute atomic E-state index is 0.124. The van der Waals surface area contributed by atoms with Crippen molar-refractivity contribution in [1.29, 1.82) is 5.26 Å². The van der Waals surface area contributed by atoms with E-state index >= 15 is 0 Å². The van der Waals surface area contributed by atoms with Crippen LogP contribution in [0.25, 0.3) is 0 Å². The molecular weight excluding hydrogens is 264 g/mol. The maximum Gasteiger partial charge on any atom is 0.238 e. The lowest BCUT2D eigenvalue weighted by atomic mass is 10.1. The molecule has 1 N–H and O–H groups in total. The van der Waals surface area contributed by atoms with Gasteiger partial charge in [0.1, 0.15) is 11.2 Å². The fraction of sp³-hybridized carbons (Fsp3) is 0.462. The smallest absolute Gasteiger partial charge is 0.238 e. The molecule has 19 heavy (non-hydrogen) atoms. The highest BCUT2D eigenvalue weighted by molar-refractivity contribution is 6.29. The predicted molar refractivity (Wildman–Crippen MR) is 74.7 cm³/mol. The fourth-order valence-electron chi connectivity index (χ4n) is 1.65. The van der Waals surface area contributed by atoms with Crippen LogP contribution in [0.4, 0.5) is 5.82 Å². The van der Waals surface area contributed by atoms with E-state index in [1.54, 1.807) is 20.0 Å². The quantitative estimate of drug-likeness (QED) is 0.679. The first-order chi connectivity index (χ1) is 8.85. The number of nitriles is 1. The Bertz CT molecular complexity index is 522. The number of aryl methyl sites for hydroxylation is 1. The number of hydrogen-bond donors (Lipinski definition) is 1. The van der Waals surface area contributed by atoms with Crippen LogP contribution in [0.1, 0.15) is 31.4 Å². The molecule has 1 aromatic heterocycles. The molecular formula is C13H17ClN4O. The number of hydrogen-bond acceptors (Lipinski definition) is 4. The summed E-state index contributed by atoms with van der Waals surface area (Å²) in [4.78, 5) is 15.8. The maximum absolute atomic E-state index is 11.7. The summed E-state index contributed by atoms with van der Waals surface area (Å²) in [5.41, 5.74) is 3.80. The number of halogens is 1. The first-order valence-corrected chi connectivity index (χ1v) is 6.33. The standard InChI is InChI=1S/C13H17ClN4O/c1-8(2)5-12(19)17-18(4)13-10(7-15)9(3)6-11(14)16-13/h6,8H,5H2,1-4H3,(H,17,19). The number of nitrogens with one attached hydrogen (secondary N) is 1. The molecule has 6 heteroatoms. The molecule has 0 bridgehead atoms. The van der Waals surface area contributed by atoms with Crippen molar-refractivity contribution in [3.63, 3.8) is 0 Å². The number of carbonyl (C=O) groups is 1. The van der Waals surface area contributed by atoms with Crippen molar-refractivity contribution < 1.29 is 4.79 Å². The summed E-state index contributed by atoms with van der Waals surface area (Å²) in [6, 6.07) is 3.69. The third kappa shape index (κ3) is 4.11. The number of carbonyl (C=O) groups excluding carboxylic acids is 1. The lowest BCUT2D eigenvalue weighted by molar-refractivity contribution is -0.121. The molecule has 0 saturated carbocycles. The highest BCUT2D eigenvalue weighted by Gasteiger charge is 2.15. The minimum Gasteiger partial charge on any atom is -0.273 e. The molecule has 0 atom stereocenters. The van der Waals surface area contributed by atoms with Crippen LogP contribution in [-0.2, 0) is 4.79 Å². The summed E-state index contributed by atoms with van der Waals surface area (Å²) >= 11 is 5.88. The number of rotatable bonds is 4. The zero-order chi connectivity index (χ0) is 14.6. The second-order valence-electron chi connectivity index (χ2n) is 4.76. The van der Waals surface area contributed by atoms with Gasteiger partial charge in [-0.15, -0.1) is 0 Å². The van der Waals surface area contributed by atoms with E-state index in [4.69, 9.17) is 16.9 Å². The van der Waals surface area contributed by atoms with Gasteiger partial charge in [0.05, 0.1) is 5.56 Å². The number of amides is 1. The Labute approximate surface area is 118 Å². The summed E-state index contributed by atoms with van der Waals surface area (Å²) in [6.07, 6.45) is 0.409. The van der Waals surface area contributed by atoms with Gasteiger partial charge in [0.25, 0.3) is 0 Å². The molecule has 0 spiro atoms. The van der Waals surface area contributed by atoms with Crippen molar-refractivity contribution in [2.45, 2.75) is 27.2 Å². The highest BCUT2D eigenvalue weighted by atomic mass is 35.5. The van der Waals surface area contributed by atoms with Gasteiger partial charge in [0.2, 0.25) is 5.91 Å². The first kappa shape index (κ1) is 15.3. The third-order valence-electron chi connectivity index (χ3n) is 2.48. The maximum atomic E-state index is 11.7. The zero-order valence-corrected chi connectivity index (χ0v) is 12.2. The SMILES string of the molecule is Cc1cc(Cl)nc(N(C)NC(=O)CC(C)C)c1C#N. The Kier molecular flexibility index (Phi) is 5.13. The van der Waals surface area contributed by atoms with Gasteiger partial charge in [-0.2, -0.15) is 5.26 Å². The van der Waals surface area contributed by atoms with E-state index in [2.05, 4.69) is 16.5 Å². The topological polar surface area (TPSA) is 69.0 Å². The van der Waals surface area contributed by atoms with E-state index in [1.807, 2.05) is 13.8 Å². The van der Waals surface area contributed by atoms with Gasteiger partial charge in [-0.05, 0) is 24.5 Å². The van der Waals surface area contributed by atoms with E-state index in [-0.39, 0.29) is 17.0 Å². The van der Waals surface area contributed by atoms with Crippen molar-refractivity contribution >= 4 is 23.3 Å². The monoisotopic (exact) mass is 280 g/mol. The van der Waals surface area contributed by atoms with Gasteiger partial charge in [0.15, 0.2) is 5.82 Å². The van der Waals surface area contributed by atoms with Crippen molar-refractivity contribution in [3.8, 4) is 6.07 Å². The van der Waals surface area contributed by atoms with E-state index < -0.39 is 0 Å². The van der Waals surface area contributed by atoms with Crippen molar-refractivity contribution in [1.82, 2.24) is 10.4 Å². The van der Waals surface area contributed by atoms with E-state index in [1.165, 1.54) is 5.01 Å². The van der Waals surface area contributed by atoms with E-state index in [0.29, 0.717) is 17.8 Å². The van der Waals surface area contributed by atoms with Gasteiger partial charge in [-0.1, -0.05) is 25.4 Å². The minimum atomic E-state index is -0.124. The average Bonchev–Trinajstić information content (AvgIpc) is 2.26. The Balaban J connectivity index is 2.97. The van der Waals surface area contributed by atoms with Gasteiger partial charge in [-0.25, -0.2) is 4.98 Å². The number of aromatic nitrogens is 1. The molecule has 0 aliphatic carbocycles. The van der Waals surface area contributed by atoms with Crippen LogP contribution in [0.5, 0.6) is 0 Å². The highest BCUT2D eigenvalue weighted by Crippen LogP contribution is 2.22. The Morgan fingerprint density at radius 1 is 1.63 bits per heavy atom. The van der Waals surface area contributed by atoms with Crippen molar-refractivity contribution in [2.75, 3.05) is 12.1 Å². The largest absolute Gasteiger partial charge is 0.273 e. The van der Waals surface area contributed by atoms with Crippen LogP contribution in [0.15, 0.2) is 6.07 Å². The molecule has 0 radical (unpaired) electrons. The van der Waals surface area contributed by atoms with Crippen LogP contribution in [0.3, 0.4) is 0 Å². The molecule has 5 nitrogen and oxygen atoms in total. The Morgan fingerprint density at radius 2 is 2.26 bits per heavy atom. The van der Waals surface area contributed by atoms with Crippen molar-refractivity contribution in [3.05, 3.63) is 22.3 Å². The number of anilines is 1. The number of pyridine rings is 1. The van der Waals surface area contributed by atoms with Gasteiger partial charge >= 0.3 is 0 Å². The summed E-state index contributed by atoms with van der Waals surface area (Å²) in [5.74, 6) is 0.489. The predicted octanol–water partition coefficient (Wildman–Crippen LogP) is 2.43. The van der Waals surface area contributed by atoms with Crippen LogP contribution in [0.2, 0.25) is 5.15 Å². The Hall–Kier alpha value is -1.80. The number of hydrazine groups is 1. The van der Waals surface area contributed by atoms with E-state index in [9.17, 15) is 4.79 Å². The van der Waals surface area contributed by atoms with Crippen LogP contribution in [-0.4, -0.2) is 17.9 Å². The summed E-state index contributed by atoms with van der Waals surface area (Å²) in [5, 5.41) is 10.9. The van der Waals surface area contributed by atoms with Gasteiger partial charge in [-0.3, -0.25) is 15.2 Å². The number of nitrogens with zero attached hydrogens (tertiary/aromatic N) is 3. The lowest BCUT2D eigenvalue weighted by Crippen LogP contribution is -2.40. The molecule has 1 aromatic rings. The molecule has 102 valence electrons. The van der Waals surface area contributed by atoms with Crippen molar-refractivity contribution in [2.24, 2.45) is 5.92 Å². The second-order valence-corrected chi connectivity index (χ2v) is 5.15. The molecule has 0 aliphatic rings. The van der Waals surface area contributed by atoms with Gasteiger partial charge in [0, 0.05) is 13.5 Å². The average molecular weight is 281 g/mol. The van der Waals surface area contributed by atoms with E-state index in [0.717, 1.165) is 5.56 Å². The molecule has 1 rings (SSSR count).